The van der Waals surface area contributed by atoms with Crippen LogP contribution in [0.4, 0.5) is 0 Å². The lowest BCUT2D eigenvalue weighted by Gasteiger charge is -2.10. The Hall–Kier alpha value is -7.23. The Kier molecular flexibility index (Phi) is 11.8. The molecule has 9 aromatic rings. The molecule has 9 rings (SSSR count). The molecular formula is C61H62N3+3. The second-order valence-electron chi connectivity index (χ2n) is 16.6. The Labute approximate surface area is 390 Å². The number of aryl methyl sites for hydroxylation is 10. The molecule has 0 atom stereocenters. The summed E-state index contributed by atoms with van der Waals surface area (Å²) in [5.41, 5.74) is 20.1. The van der Waals surface area contributed by atoms with Crippen LogP contribution in [0.1, 0.15) is 47.2 Å². The van der Waals surface area contributed by atoms with Crippen LogP contribution in [0.15, 0.2) is 195 Å². The minimum Gasteiger partial charge on any atom is -0.201 e. The van der Waals surface area contributed by atoms with Crippen LogP contribution in [0.5, 0.6) is 0 Å². The summed E-state index contributed by atoms with van der Waals surface area (Å²) in [4.78, 5) is 0. The quantitative estimate of drug-likeness (QED) is 0.148. The third-order valence-corrected chi connectivity index (χ3v) is 11.8. The van der Waals surface area contributed by atoms with Crippen LogP contribution in [-0.2, 0) is 21.1 Å². The second-order valence-corrected chi connectivity index (χ2v) is 16.6. The van der Waals surface area contributed by atoms with Crippen LogP contribution in [0.25, 0.3) is 67.2 Å². The molecular weight excluding hydrogens is 775 g/mol. The molecule has 0 aliphatic heterocycles. The minimum atomic E-state index is -2.16. The summed E-state index contributed by atoms with van der Waals surface area (Å²) in [6, 6.07) is 59.1. The molecule has 3 heterocycles. The molecule has 0 spiro atoms. The number of benzene rings is 6. The highest BCUT2D eigenvalue weighted by atomic mass is 14.9. The second kappa shape index (κ2) is 20.3. The monoisotopic (exact) mass is 843 g/mol. The highest BCUT2D eigenvalue weighted by Crippen LogP contribution is 2.30. The summed E-state index contributed by atoms with van der Waals surface area (Å²) in [6.45, 7) is 6.25. The molecule has 0 saturated carbocycles. The number of hydrogen-bond acceptors (Lipinski definition) is 0. The van der Waals surface area contributed by atoms with Gasteiger partial charge >= 0.3 is 0 Å². The molecule has 6 aromatic carbocycles. The SMILES string of the molecule is Cc1cc(-c2ccccc2C)[n+](C)cc1-c1ccccc1.[2H]C([2H])([2H])c1c[n+](C)c(-c2ccccc2C)cc1-c1ccccc1.[2H]C([2H])([2H])c1ccc(-c2cc(C)c(-c3ccccc3)c[n+]2C)c(C)c1. The molecule has 0 unspecified atom stereocenters. The van der Waals surface area contributed by atoms with Gasteiger partial charge in [-0.25, -0.2) is 13.7 Å². The van der Waals surface area contributed by atoms with Gasteiger partial charge in [0.15, 0.2) is 18.6 Å². The van der Waals surface area contributed by atoms with E-state index in [1.165, 1.54) is 50.2 Å². The first-order chi connectivity index (χ1) is 33.3. The maximum Gasteiger partial charge on any atom is 0.213 e. The fourth-order valence-corrected chi connectivity index (χ4v) is 8.32. The molecule has 0 fully saturated rings. The van der Waals surface area contributed by atoms with E-state index in [4.69, 9.17) is 8.22 Å². The van der Waals surface area contributed by atoms with Gasteiger partial charge in [-0.2, -0.15) is 0 Å². The van der Waals surface area contributed by atoms with Crippen molar-refractivity contribution in [3.8, 4) is 67.2 Å². The van der Waals surface area contributed by atoms with E-state index in [0.717, 1.165) is 44.8 Å². The zero-order valence-electron chi connectivity index (χ0n) is 44.3. The fraction of sp³-hybridized carbons (Fsp3) is 0.164. The van der Waals surface area contributed by atoms with Gasteiger partial charge in [0.25, 0.3) is 0 Å². The van der Waals surface area contributed by atoms with Crippen LogP contribution in [0.3, 0.4) is 0 Å². The topological polar surface area (TPSA) is 11.6 Å². The maximum absolute atomic E-state index is 7.90. The third kappa shape index (κ3) is 10.3. The first-order valence-corrected chi connectivity index (χ1v) is 21.8. The van der Waals surface area contributed by atoms with Gasteiger partial charge in [-0.3, -0.25) is 0 Å². The fourth-order valence-electron chi connectivity index (χ4n) is 8.32. The summed E-state index contributed by atoms with van der Waals surface area (Å²) in [5.74, 6) is 0. The van der Waals surface area contributed by atoms with E-state index in [0.29, 0.717) is 11.1 Å². The van der Waals surface area contributed by atoms with E-state index in [1.807, 2.05) is 98.4 Å². The zero-order chi connectivity index (χ0) is 50.3. The number of rotatable bonds is 6. The van der Waals surface area contributed by atoms with Crippen molar-refractivity contribution in [3.63, 3.8) is 0 Å². The zero-order valence-corrected chi connectivity index (χ0v) is 38.3. The van der Waals surface area contributed by atoms with Crippen LogP contribution in [0, 0.1) is 48.3 Å². The number of aromatic nitrogens is 3. The average molecular weight is 843 g/mol. The number of nitrogens with zero attached hydrogens (tertiary/aromatic N) is 3. The lowest BCUT2D eigenvalue weighted by atomic mass is 9.97. The van der Waals surface area contributed by atoms with Crippen LogP contribution in [-0.4, -0.2) is 0 Å². The van der Waals surface area contributed by atoms with Crippen molar-refractivity contribution in [1.29, 1.82) is 0 Å². The molecule has 0 N–H and O–H groups in total. The van der Waals surface area contributed by atoms with Crippen LogP contribution < -0.4 is 13.7 Å². The average Bonchev–Trinajstić information content (AvgIpc) is 3.34. The van der Waals surface area contributed by atoms with Crippen molar-refractivity contribution in [2.75, 3.05) is 0 Å². The smallest absolute Gasteiger partial charge is 0.201 e. The molecule has 0 amide bonds. The molecule has 0 bridgehead atoms. The number of hydrogen-bond donors (Lipinski definition) is 0. The number of pyridine rings is 3. The van der Waals surface area contributed by atoms with Crippen LogP contribution in [0.2, 0.25) is 0 Å². The summed E-state index contributed by atoms with van der Waals surface area (Å²) in [5, 5.41) is 0. The normalized spacial score (nSPS) is 12.4. The van der Waals surface area contributed by atoms with Gasteiger partial charge in [-0.15, -0.1) is 0 Å². The van der Waals surface area contributed by atoms with E-state index >= 15 is 0 Å². The highest BCUT2D eigenvalue weighted by Gasteiger charge is 2.19. The van der Waals surface area contributed by atoms with Gasteiger partial charge in [0.1, 0.15) is 21.1 Å². The standard InChI is InChI=1S/C21H22N.2C20H20N/c1-15-10-11-19(16(2)12-15)21-13-17(3)20(14-22(21)4)18-8-6-5-7-9-18;1-15-9-7-8-12-18(15)20-13-19(16(2)14-21(20)3)17-10-5-4-6-11-17;1-15-9-7-8-12-18(15)20-13-16(2)19(14-21(20)3)17-10-5-4-6-11-17/h5-14H,1-4H3;2*4-14H,1-3H3/q3*+1/i1D3;2D3;. The molecule has 0 aliphatic carbocycles. The Balaban J connectivity index is 0.000000155. The molecule has 3 aromatic heterocycles. The summed E-state index contributed by atoms with van der Waals surface area (Å²) in [6.07, 6.45) is 6.10. The Morgan fingerprint density at radius 2 is 0.672 bits per heavy atom. The summed E-state index contributed by atoms with van der Waals surface area (Å²) < 4.78 is 52.6. The minimum absolute atomic E-state index is 0.369. The predicted octanol–water partition coefficient (Wildman–Crippen LogP) is 13.7. The third-order valence-electron chi connectivity index (χ3n) is 11.8. The Morgan fingerprint density at radius 3 is 1.09 bits per heavy atom. The first kappa shape index (κ1) is 37.3. The lowest BCUT2D eigenvalue weighted by molar-refractivity contribution is -0.660. The van der Waals surface area contributed by atoms with Gasteiger partial charge in [0.05, 0.1) is 0 Å². The molecule has 0 saturated heterocycles. The van der Waals surface area contributed by atoms with Gasteiger partial charge in [-0.1, -0.05) is 145 Å². The van der Waals surface area contributed by atoms with E-state index in [9.17, 15) is 0 Å². The maximum atomic E-state index is 7.90. The molecule has 0 radical (unpaired) electrons. The van der Waals surface area contributed by atoms with Crippen molar-refractivity contribution in [2.24, 2.45) is 21.1 Å². The first-order valence-electron chi connectivity index (χ1n) is 24.8. The van der Waals surface area contributed by atoms with Crippen molar-refractivity contribution >= 4 is 0 Å². The van der Waals surface area contributed by atoms with Crippen molar-refractivity contribution in [3.05, 3.63) is 233 Å². The van der Waals surface area contributed by atoms with Crippen molar-refractivity contribution in [2.45, 2.75) is 48.3 Å². The largest absolute Gasteiger partial charge is 0.213 e. The van der Waals surface area contributed by atoms with E-state index in [2.05, 4.69) is 147 Å². The van der Waals surface area contributed by atoms with Gasteiger partial charge in [0, 0.05) is 59.8 Å². The predicted molar refractivity (Wildman–Crippen MR) is 269 cm³/mol. The molecule has 3 nitrogen and oxygen atoms in total. The van der Waals surface area contributed by atoms with Gasteiger partial charge < -0.3 is 0 Å². The molecule has 3 heteroatoms. The Bertz CT molecular complexity index is 3250. The lowest BCUT2D eigenvalue weighted by Crippen LogP contribution is -2.31. The Morgan fingerprint density at radius 1 is 0.297 bits per heavy atom. The van der Waals surface area contributed by atoms with Gasteiger partial charge in [-0.05, 0) is 117 Å². The van der Waals surface area contributed by atoms with E-state index in [1.54, 1.807) is 18.3 Å². The van der Waals surface area contributed by atoms with Crippen molar-refractivity contribution < 1.29 is 21.9 Å². The summed E-state index contributed by atoms with van der Waals surface area (Å²) >= 11 is 0. The van der Waals surface area contributed by atoms with Crippen LogP contribution >= 0.6 is 0 Å². The highest BCUT2D eigenvalue weighted by molar-refractivity contribution is 5.73. The van der Waals surface area contributed by atoms with Gasteiger partial charge in [0.2, 0.25) is 17.1 Å². The summed E-state index contributed by atoms with van der Waals surface area (Å²) in [7, 11) is 6.04. The van der Waals surface area contributed by atoms with E-state index < -0.39 is 13.7 Å². The van der Waals surface area contributed by atoms with E-state index in [-0.39, 0.29) is 0 Å². The molecule has 0 aliphatic rings. The molecule has 64 heavy (non-hydrogen) atoms. The molecule has 318 valence electrons. The van der Waals surface area contributed by atoms with Crippen molar-refractivity contribution in [1.82, 2.24) is 0 Å².